The molecule has 0 atom stereocenters. The molecule has 1 amide bonds. The first-order valence-corrected chi connectivity index (χ1v) is 8.27. The molecule has 0 spiro atoms. The van der Waals surface area contributed by atoms with Crippen LogP contribution in [0.2, 0.25) is 5.02 Å². The van der Waals surface area contributed by atoms with Gasteiger partial charge in [0, 0.05) is 5.39 Å². The second-order valence-electron chi connectivity index (χ2n) is 4.94. The summed E-state index contributed by atoms with van der Waals surface area (Å²) in [6, 6.07) is 9.18. The van der Waals surface area contributed by atoms with Crippen molar-refractivity contribution in [2.24, 2.45) is 0 Å². The number of benzene rings is 1. The largest absolute Gasteiger partial charge is 0.318 e. The minimum atomic E-state index is -0.306. The maximum Gasteiger partial charge on any atom is 0.275 e. The van der Waals surface area contributed by atoms with Crippen molar-refractivity contribution in [3.8, 4) is 5.69 Å². The normalized spacial score (nSPS) is 10.9. The standard InChI is InChI=1S/C16H10ClN5OS/c17-12-3-1-2-4-13(12)22-8-10(7-20-22)21-15(23)14-11-5-6-24-16(11)19-9-18-14/h1-9H,(H,21,23). The van der Waals surface area contributed by atoms with Gasteiger partial charge in [-0.2, -0.15) is 5.10 Å². The van der Waals surface area contributed by atoms with Gasteiger partial charge >= 0.3 is 0 Å². The SMILES string of the molecule is O=C(Nc1cnn(-c2ccccc2Cl)c1)c1ncnc2sccc12. The predicted octanol–water partition coefficient (Wildman–Crippen LogP) is 3.78. The predicted molar refractivity (Wildman–Crippen MR) is 93.9 cm³/mol. The van der Waals surface area contributed by atoms with E-state index in [4.69, 9.17) is 11.6 Å². The van der Waals surface area contributed by atoms with E-state index in [1.54, 1.807) is 23.1 Å². The van der Waals surface area contributed by atoms with Crippen molar-refractivity contribution in [3.63, 3.8) is 0 Å². The smallest absolute Gasteiger partial charge is 0.275 e. The summed E-state index contributed by atoms with van der Waals surface area (Å²) in [7, 11) is 0. The average Bonchev–Trinajstić information content (AvgIpc) is 3.24. The third-order valence-corrected chi connectivity index (χ3v) is 4.56. The molecule has 3 heterocycles. The van der Waals surface area contributed by atoms with Crippen LogP contribution in [0.5, 0.6) is 0 Å². The molecule has 0 aliphatic carbocycles. The van der Waals surface area contributed by atoms with E-state index in [2.05, 4.69) is 20.4 Å². The van der Waals surface area contributed by atoms with Crippen LogP contribution in [0.15, 0.2) is 54.4 Å². The molecular formula is C16H10ClN5OS. The summed E-state index contributed by atoms with van der Waals surface area (Å²) in [5.41, 5.74) is 1.63. The van der Waals surface area contributed by atoms with E-state index in [1.807, 2.05) is 29.6 Å². The maximum atomic E-state index is 12.5. The van der Waals surface area contributed by atoms with Crippen LogP contribution in [0.1, 0.15) is 10.5 Å². The fourth-order valence-corrected chi connectivity index (χ4v) is 3.27. The van der Waals surface area contributed by atoms with Crippen molar-refractivity contribution in [2.45, 2.75) is 0 Å². The van der Waals surface area contributed by atoms with Crippen LogP contribution in [-0.4, -0.2) is 25.7 Å². The highest BCUT2D eigenvalue weighted by Gasteiger charge is 2.14. The number of fused-ring (bicyclic) bond motifs is 1. The van der Waals surface area contributed by atoms with E-state index in [-0.39, 0.29) is 5.91 Å². The number of hydrogen-bond donors (Lipinski definition) is 1. The number of halogens is 1. The highest BCUT2D eigenvalue weighted by atomic mass is 35.5. The number of carbonyl (C=O) groups is 1. The Morgan fingerprint density at radius 2 is 2.08 bits per heavy atom. The van der Waals surface area contributed by atoms with Gasteiger partial charge in [0.25, 0.3) is 5.91 Å². The fraction of sp³-hybridized carbons (Fsp3) is 0. The van der Waals surface area contributed by atoms with Crippen LogP contribution in [0.3, 0.4) is 0 Å². The number of thiophene rings is 1. The van der Waals surface area contributed by atoms with Crippen LogP contribution in [0.25, 0.3) is 15.9 Å². The van der Waals surface area contributed by atoms with Gasteiger partial charge in [0.05, 0.1) is 28.8 Å². The molecule has 118 valence electrons. The molecule has 0 aliphatic rings. The molecule has 4 rings (SSSR count). The minimum Gasteiger partial charge on any atom is -0.318 e. The van der Waals surface area contributed by atoms with Gasteiger partial charge in [-0.25, -0.2) is 14.6 Å². The molecule has 8 heteroatoms. The van der Waals surface area contributed by atoms with Crippen molar-refractivity contribution in [3.05, 3.63) is 65.1 Å². The Morgan fingerprint density at radius 1 is 1.21 bits per heavy atom. The van der Waals surface area contributed by atoms with Crippen molar-refractivity contribution >= 4 is 44.7 Å². The van der Waals surface area contributed by atoms with Crippen LogP contribution >= 0.6 is 22.9 Å². The van der Waals surface area contributed by atoms with Gasteiger partial charge in [-0.1, -0.05) is 23.7 Å². The number of para-hydroxylation sites is 1. The lowest BCUT2D eigenvalue weighted by atomic mass is 10.2. The monoisotopic (exact) mass is 355 g/mol. The summed E-state index contributed by atoms with van der Waals surface area (Å²) < 4.78 is 1.61. The molecule has 0 bridgehead atoms. The molecule has 6 nitrogen and oxygen atoms in total. The summed E-state index contributed by atoms with van der Waals surface area (Å²) in [5.74, 6) is -0.306. The molecule has 0 fully saturated rings. The number of nitrogens with zero attached hydrogens (tertiary/aromatic N) is 4. The number of anilines is 1. The number of amides is 1. The third-order valence-electron chi connectivity index (χ3n) is 3.42. The molecule has 1 aromatic carbocycles. The van der Waals surface area contributed by atoms with E-state index in [9.17, 15) is 4.79 Å². The Morgan fingerprint density at radius 3 is 2.96 bits per heavy atom. The number of hydrogen-bond acceptors (Lipinski definition) is 5. The number of nitrogens with one attached hydrogen (secondary N) is 1. The van der Waals surface area contributed by atoms with Crippen LogP contribution in [0, 0.1) is 0 Å². The molecule has 4 aromatic rings. The van der Waals surface area contributed by atoms with Crippen LogP contribution in [0.4, 0.5) is 5.69 Å². The first-order valence-electron chi connectivity index (χ1n) is 7.01. The molecule has 3 aromatic heterocycles. The van der Waals surface area contributed by atoms with Crippen LogP contribution < -0.4 is 5.32 Å². The van der Waals surface area contributed by atoms with Crippen molar-refractivity contribution in [1.29, 1.82) is 0 Å². The zero-order chi connectivity index (χ0) is 16.5. The molecule has 0 saturated carbocycles. The Bertz CT molecular complexity index is 1040. The molecule has 0 saturated heterocycles. The Labute approximate surface area is 145 Å². The number of carbonyl (C=O) groups excluding carboxylic acids is 1. The molecular weight excluding hydrogens is 346 g/mol. The zero-order valence-corrected chi connectivity index (χ0v) is 13.8. The van der Waals surface area contributed by atoms with Gasteiger partial charge in [-0.15, -0.1) is 11.3 Å². The lowest BCUT2D eigenvalue weighted by Gasteiger charge is -2.04. The highest BCUT2D eigenvalue weighted by molar-refractivity contribution is 7.16. The van der Waals surface area contributed by atoms with Gasteiger partial charge in [0.2, 0.25) is 0 Å². The summed E-state index contributed by atoms with van der Waals surface area (Å²) in [4.78, 5) is 21.5. The summed E-state index contributed by atoms with van der Waals surface area (Å²) in [5, 5.41) is 10.2. The number of aromatic nitrogens is 4. The second kappa shape index (κ2) is 6.03. The van der Waals surface area contributed by atoms with E-state index < -0.39 is 0 Å². The molecule has 0 aliphatic heterocycles. The summed E-state index contributed by atoms with van der Waals surface area (Å²) in [6.45, 7) is 0. The molecule has 24 heavy (non-hydrogen) atoms. The summed E-state index contributed by atoms with van der Waals surface area (Å²) in [6.07, 6.45) is 4.65. The van der Waals surface area contributed by atoms with Crippen molar-refractivity contribution in [1.82, 2.24) is 19.7 Å². The zero-order valence-electron chi connectivity index (χ0n) is 12.2. The molecule has 0 unspecified atom stereocenters. The van der Waals surface area contributed by atoms with Crippen molar-refractivity contribution in [2.75, 3.05) is 5.32 Å². The minimum absolute atomic E-state index is 0.306. The third kappa shape index (κ3) is 2.64. The van der Waals surface area contributed by atoms with Gasteiger partial charge in [0.15, 0.2) is 0 Å². The quantitative estimate of drug-likeness (QED) is 0.607. The van der Waals surface area contributed by atoms with Crippen LogP contribution in [-0.2, 0) is 0 Å². The topological polar surface area (TPSA) is 72.7 Å². The number of rotatable bonds is 3. The van der Waals surface area contributed by atoms with Gasteiger partial charge < -0.3 is 5.32 Å². The highest BCUT2D eigenvalue weighted by Crippen LogP contribution is 2.22. The second-order valence-corrected chi connectivity index (χ2v) is 6.24. The maximum absolute atomic E-state index is 12.5. The molecule has 0 radical (unpaired) electrons. The summed E-state index contributed by atoms with van der Waals surface area (Å²) >= 11 is 7.62. The van der Waals surface area contributed by atoms with E-state index in [1.165, 1.54) is 17.7 Å². The lowest BCUT2D eigenvalue weighted by Crippen LogP contribution is -2.13. The van der Waals surface area contributed by atoms with E-state index >= 15 is 0 Å². The lowest BCUT2D eigenvalue weighted by molar-refractivity contribution is 0.102. The Kier molecular flexibility index (Phi) is 3.72. The fourth-order valence-electron chi connectivity index (χ4n) is 2.32. The Balaban J connectivity index is 1.61. The van der Waals surface area contributed by atoms with Crippen molar-refractivity contribution < 1.29 is 4.79 Å². The van der Waals surface area contributed by atoms with Gasteiger partial charge in [-0.05, 0) is 23.6 Å². The average molecular weight is 356 g/mol. The van der Waals surface area contributed by atoms with E-state index in [0.29, 0.717) is 16.4 Å². The van der Waals surface area contributed by atoms with Gasteiger partial charge in [0.1, 0.15) is 16.9 Å². The first-order chi connectivity index (χ1) is 11.7. The first kappa shape index (κ1) is 14.8. The van der Waals surface area contributed by atoms with E-state index in [0.717, 1.165) is 15.9 Å². The molecule has 1 N–H and O–H groups in total. The van der Waals surface area contributed by atoms with Gasteiger partial charge in [-0.3, -0.25) is 4.79 Å². The Hall–Kier alpha value is -2.77.